The Hall–Kier alpha value is -2.29. The second-order valence-electron chi connectivity index (χ2n) is 5.04. The van der Waals surface area contributed by atoms with Crippen LogP contribution in [0.25, 0.3) is 5.52 Å². The van der Waals surface area contributed by atoms with Crippen LogP contribution in [0.5, 0.6) is 0 Å². The number of aryl methyl sites for hydroxylation is 1. The normalized spacial score (nSPS) is 10.7. The molecule has 0 spiro atoms. The highest BCUT2D eigenvalue weighted by molar-refractivity contribution is 8.00. The molecule has 0 fully saturated rings. The molecule has 0 N–H and O–H groups in total. The summed E-state index contributed by atoms with van der Waals surface area (Å²) in [4.78, 5) is 12.2. The molecule has 0 radical (unpaired) electrons. The molecule has 2 aromatic heterocycles. The van der Waals surface area contributed by atoms with E-state index in [1.54, 1.807) is 28.8 Å². The summed E-state index contributed by atoms with van der Waals surface area (Å²) in [5.41, 5.74) is 2.92. The first-order valence-corrected chi connectivity index (χ1v) is 8.25. The highest BCUT2D eigenvalue weighted by Gasteiger charge is 2.15. The lowest BCUT2D eigenvalue weighted by Crippen LogP contribution is -2.02. The molecular weight excluding hydrogens is 330 g/mol. The molecule has 3 rings (SSSR count). The topological polar surface area (TPSA) is 58.2 Å². The lowest BCUT2D eigenvalue weighted by Gasteiger charge is -2.00. The fourth-order valence-electron chi connectivity index (χ4n) is 2.19. The van der Waals surface area contributed by atoms with Gasteiger partial charge in [0.05, 0.1) is 11.3 Å². The van der Waals surface area contributed by atoms with Gasteiger partial charge < -0.3 is 0 Å². The number of rotatable bonds is 4. The van der Waals surface area contributed by atoms with Crippen molar-refractivity contribution in [3.63, 3.8) is 0 Å². The summed E-state index contributed by atoms with van der Waals surface area (Å²) in [6, 6.07) is 12.8. The van der Waals surface area contributed by atoms with Crippen molar-refractivity contribution >= 4 is 34.7 Å². The third kappa shape index (κ3) is 3.24. The molecule has 0 atom stereocenters. The number of nitriles is 1. The van der Waals surface area contributed by atoms with Crippen LogP contribution in [0.1, 0.15) is 21.5 Å². The van der Waals surface area contributed by atoms with Gasteiger partial charge in [0.1, 0.15) is 16.7 Å². The fraction of sp³-hybridized carbons (Fsp3) is 0.118. The number of halogens is 1. The van der Waals surface area contributed by atoms with Gasteiger partial charge in [-0.2, -0.15) is 10.4 Å². The third-order valence-electron chi connectivity index (χ3n) is 3.38. The predicted octanol–water partition coefficient (Wildman–Crippen LogP) is 4.14. The Labute approximate surface area is 142 Å². The van der Waals surface area contributed by atoms with Crippen molar-refractivity contribution in [3.8, 4) is 6.07 Å². The molecule has 3 aromatic rings. The average molecular weight is 342 g/mol. The molecule has 0 saturated carbocycles. The van der Waals surface area contributed by atoms with E-state index >= 15 is 0 Å². The second kappa shape index (κ2) is 6.45. The Morgan fingerprint density at radius 3 is 2.78 bits per heavy atom. The number of ketones is 1. The van der Waals surface area contributed by atoms with Crippen LogP contribution in [0.4, 0.5) is 0 Å². The summed E-state index contributed by atoms with van der Waals surface area (Å²) < 4.78 is 1.67. The van der Waals surface area contributed by atoms with Gasteiger partial charge in [-0.25, -0.2) is 4.52 Å². The number of aromatic nitrogens is 2. The zero-order valence-electron chi connectivity index (χ0n) is 12.3. The molecule has 0 aliphatic heterocycles. The molecule has 0 aliphatic rings. The van der Waals surface area contributed by atoms with Gasteiger partial charge in [-0.3, -0.25) is 4.79 Å². The van der Waals surface area contributed by atoms with E-state index in [4.69, 9.17) is 11.6 Å². The third-order valence-corrected chi connectivity index (χ3v) is 4.59. The van der Waals surface area contributed by atoms with Gasteiger partial charge in [0, 0.05) is 16.8 Å². The number of benzene rings is 1. The molecule has 0 bridgehead atoms. The monoisotopic (exact) mass is 341 g/mol. The standard InChI is InChI=1S/C17H12ClN3OS/c1-11-6-7-21-15(8-11)14(9-19)17(20-21)23-10-16(22)12-2-4-13(18)5-3-12/h2-8H,10H2,1H3. The summed E-state index contributed by atoms with van der Waals surface area (Å²) in [6.07, 6.45) is 1.82. The van der Waals surface area contributed by atoms with E-state index in [1.165, 1.54) is 11.8 Å². The van der Waals surface area contributed by atoms with Crippen molar-refractivity contribution < 1.29 is 4.79 Å². The minimum Gasteiger partial charge on any atom is -0.293 e. The van der Waals surface area contributed by atoms with Crippen molar-refractivity contribution in [1.82, 2.24) is 9.61 Å². The largest absolute Gasteiger partial charge is 0.293 e. The molecule has 0 saturated heterocycles. The molecule has 0 amide bonds. The number of carbonyl (C=O) groups is 1. The number of thioether (sulfide) groups is 1. The number of pyridine rings is 1. The van der Waals surface area contributed by atoms with E-state index in [-0.39, 0.29) is 11.5 Å². The zero-order chi connectivity index (χ0) is 16.4. The quantitative estimate of drug-likeness (QED) is 0.528. The molecule has 4 nitrogen and oxygen atoms in total. The minimum absolute atomic E-state index is 0.0243. The van der Waals surface area contributed by atoms with E-state index in [0.29, 0.717) is 21.2 Å². The molecular formula is C17H12ClN3OS. The maximum Gasteiger partial charge on any atom is 0.173 e. The van der Waals surface area contributed by atoms with Crippen molar-refractivity contribution in [1.29, 1.82) is 5.26 Å². The average Bonchev–Trinajstić information content (AvgIpc) is 2.90. The van der Waals surface area contributed by atoms with Crippen molar-refractivity contribution in [2.24, 2.45) is 0 Å². The summed E-state index contributed by atoms with van der Waals surface area (Å²) >= 11 is 7.09. The van der Waals surface area contributed by atoms with Gasteiger partial charge in [-0.1, -0.05) is 23.4 Å². The molecule has 0 aliphatic carbocycles. The van der Waals surface area contributed by atoms with Crippen LogP contribution >= 0.6 is 23.4 Å². The van der Waals surface area contributed by atoms with Crippen LogP contribution in [0, 0.1) is 18.3 Å². The second-order valence-corrected chi connectivity index (χ2v) is 6.45. The van der Waals surface area contributed by atoms with Crippen LogP contribution < -0.4 is 0 Å². The fourth-order valence-corrected chi connectivity index (χ4v) is 3.19. The van der Waals surface area contributed by atoms with Crippen molar-refractivity contribution in [2.75, 3.05) is 5.75 Å². The van der Waals surface area contributed by atoms with Crippen LogP contribution in [0.3, 0.4) is 0 Å². The van der Waals surface area contributed by atoms with E-state index in [0.717, 1.165) is 11.1 Å². The lowest BCUT2D eigenvalue weighted by molar-refractivity contribution is 0.102. The lowest BCUT2D eigenvalue weighted by atomic mass is 10.1. The maximum atomic E-state index is 12.2. The Kier molecular flexibility index (Phi) is 4.37. The Morgan fingerprint density at radius 2 is 2.09 bits per heavy atom. The van der Waals surface area contributed by atoms with Gasteiger partial charge in [0.25, 0.3) is 0 Å². The van der Waals surface area contributed by atoms with Crippen molar-refractivity contribution in [3.05, 3.63) is 64.3 Å². The van der Waals surface area contributed by atoms with Gasteiger partial charge in [0.15, 0.2) is 5.78 Å². The Balaban J connectivity index is 1.83. The molecule has 6 heteroatoms. The number of hydrogen-bond acceptors (Lipinski definition) is 4. The van der Waals surface area contributed by atoms with Crippen LogP contribution in [0.15, 0.2) is 47.6 Å². The number of Topliss-reactive ketones (excluding diaryl/α,β-unsaturated/α-hetero) is 1. The minimum atomic E-state index is -0.0243. The zero-order valence-corrected chi connectivity index (χ0v) is 13.9. The van der Waals surface area contributed by atoms with Crippen LogP contribution in [0.2, 0.25) is 5.02 Å². The smallest absolute Gasteiger partial charge is 0.173 e. The highest BCUT2D eigenvalue weighted by Crippen LogP contribution is 2.26. The Morgan fingerprint density at radius 1 is 1.35 bits per heavy atom. The highest BCUT2D eigenvalue weighted by atomic mass is 35.5. The van der Waals surface area contributed by atoms with Gasteiger partial charge in [-0.15, -0.1) is 0 Å². The van der Waals surface area contributed by atoms with Crippen LogP contribution in [-0.4, -0.2) is 21.2 Å². The SMILES string of the molecule is Cc1ccn2nc(SCC(=O)c3ccc(Cl)cc3)c(C#N)c2c1. The maximum absolute atomic E-state index is 12.2. The van der Waals surface area contributed by atoms with E-state index < -0.39 is 0 Å². The van der Waals surface area contributed by atoms with Gasteiger partial charge >= 0.3 is 0 Å². The summed E-state index contributed by atoms with van der Waals surface area (Å²) in [5, 5.41) is 14.9. The van der Waals surface area contributed by atoms with Gasteiger partial charge in [-0.05, 0) is 48.9 Å². The van der Waals surface area contributed by atoms with Gasteiger partial charge in [0.2, 0.25) is 0 Å². The summed E-state index contributed by atoms with van der Waals surface area (Å²) in [7, 11) is 0. The first kappa shape index (κ1) is 15.6. The first-order valence-electron chi connectivity index (χ1n) is 6.89. The molecule has 1 aromatic carbocycles. The van der Waals surface area contributed by atoms with E-state index in [1.807, 2.05) is 25.3 Å². The van der Waals surface area contributed by atoms with E-state index in [9.17, 15) is 10.1 Å². The summed E-state index contributed by atoms with van der Waals surface area (Å²) in [6.45, 7) is 1.96. The molecule has 2 heterocycles. The number of carbonyl (C=O) groups excluding carboxylic acids is 1. The first-order chi connectivity index (χ1) is 11.1. The van der Waals surface area contributed by atoms with E-state index in [2.05, 4.69) is 11.2 Å². The molecule has 23 heavy (non-hydrogen) atoms. The number of nitrogens with zero attached hydrogens (tertiary/aromatic N) is 3. The van der Waals surface area contributed by atoms with Crippen LogP contribution in [-0.2, 0) is 0 Å². The summed E-state index contributed by atoms with van der Waals surface area (Å²) in [5.74, 6) is 0.197. The number of hydrogen-bond donors (Lipinski definition) is 0. The Bertz CT molecular complexity index is 925. The molecule has 0 unspecified atom stereocenters. The number of fused-ring (bicyclic) bond motifs is 1. The molecule has 114 valence electrons. The predicted molar refractivity (Wildman–Crippen MR) is 91.2 cm³/mol. The van der Waals surface area contributed by atoms with Crippen molar-refractivity contribution in [2.45, 2.75) is 11.9 Å².